The van der Waals surface area contributed by atoms with Crippen LogP contribution in [0.2, 0.25) is 0 Å². The summed E-state index contributed by atoms with van der Waals surface area (Å²) in [4.78, 5) is 18.7. The Morgan fingerprint density at radius 2 is 2.05 bits per heavy atom. The molecule has 6 nitrogen and oxygen atoms in total. The Balaban J connectivity index is 2.23. The summed E-state index contributed by atoms with van der Waals surface area (Å²) in [5.41, 5.74) is 1.54. The molecule has 112 valence electrons. The van der Waals surface area contributed by atoms with Gasteiger partial charge in [0.1, 0.15) is 5.82 Å². The Morgan fingerprint density at radius 1 is 1.29 bits per heavy atom. The highest BCUT2D eigenvalue weighted by atomic mass is 16.1. The van der Waals surface area contributed by atoms with Gasteiger partial charge in [0, 0.05) is 26.2 Å². The minimum Gasteiger partial charge on any atom is -0.373 e. The molecule has 0 aromatic carbocycles. The van der Waals surface area contributed by atoms with Crippen LogP contribution in [-0.4, -0.2) is 34.9 Å². The zero-order valence-corrected chi connectivity index (χ0v) is 12.7. The van der Waals surface area contributed by atoms with Gasteiger partial charge in [0.2, 0.25) is 0 Å². The average molecular weight is 287 g/mol. The quantitative estimate of drug-likeness (QED) is 0.874. The second-order valence-corrected chi connectivity index (χ2v) is 4.65. The van der Waals surface area contributed by atoms with Gasteiger partial charge in [-0.1, -0.05) is 6.07 Å². The average Bonchev–Trinajstić information content (AvgIpc) is 2.51. The van der Waals surface area contributed by atoms with Crippen molar-refractivity contribution in [3.63, 3.8) is 0 Å². The molecule has 0 unspecified atom stereocenters. The lowest BCUT2D eigenvalue weighted by atomic mass is 10.3. The number of anilines is 2. The molecular weight excluding hydrogens is 266 g/mol. The fraction of sp³-hybridized carbons (Fsp3) is 0.400. The maximum atomic E-state index is 12.2. The van der Waals surface area contributed by atoms with E-state index in [1.54, 1.807) is 12.3 Å². The Labute approximate surface area is 124 Å². The molecule has 2 aromatic heterocycles. The molecule has 0 bridgehead atoms. The predicted molar refractivity (Wildman–Crippen MR) is 84.9 cm³/mol. The van der Waals surface area contributed by atoms with E-state index in [0.29, 0.717) is 6.54 Å². The highest BCUT2D eigenvalue weighted by Crippen LogP contribution is 2.09. The zero-order chi connectivity index (χ0) is 15.2. The molecule has 2 heterocycles. The first-order valence-corrected chi connectivity index (χ1v) is 7.13. The highest BCUT2D eigenvalue weighted by molar-refractivity contribution is 5.42. The van der Waals surface area contributed by atoms with Crippen molar-refractivity contribution in [1.82, 2.24) is 14.8 Å². The minimum absolute atomic E-state index is 0.115. The van der Waals surface area contributed by atoms with Crippen LogP contribution in [0.4, 0.5) is 11.5 Å². The van der Waals surface area contributed by atoms with Crippen molar-refractivity contribution < 1.29 is 0 Å². The van der Waals surface area contributed by atoms with Crippen LogP contribution in [0.1, 0.15) is 19.5 Å². The third kappa shape index (κ3) is 3.59. The van der Waals surface area contributed by atoms with Crippen LogP contribution in [-0.2, 0) is 6.54 Å². The van der Waals surface area contributed by atoms with Gasteiger partial charge in [0.05, 0.1) is 24.1 Å². The maximum absolute atomic E-state index is 12.2. The van der Waals surface area contributed by atoms with Crippen LogP contribution in [0, 0.1) is 0 Å². The van der Waals surface area contributed by atoms with Crippen molar-refractivity contribution in [2.24, 2.45) is 0 Å². The molecule has 0 amide bonds. The summed E-state index contributed by atoms with van der Waals surface area (Å²) >= 11 is 0. The SMILES string of the molecule is CCN(CC)c1cnn(Cc2cccc(NC)n2)c(=O)c1. The lowest BCUT2D eigenvalue weighted by Crippen LogP contribution is -2.28. The van der Waals surface area contributed by atoms with E-state index < -0.39 is 0 Å². The smallest absolute Gasteiger partial charge is 0.269 e. The van der Waals surface area contributed by atoms with Gasteiger partial charge in [-0.05, 0) is 26.0 Å². The monoisotopic (exact) mass is 287 g/mol. The van der Waals surface area contributed by atoms with Crippen LogP contribution in [0.15, 0.2) is 35.3 Å². The third-order valence-electron chi connectivity index (χ3n) is 3.36. The lowest BCUT2D eigenvalue weighted by molar-refractivity contribution is 0.626. The molecule has 0 aliphatic rings. The van der Waals surface area contributed by atoms with Gasteiger partial charge in [0.25, 0.3) is 5.56 Å². The van der Waals surface area contributed by atoms with Gasteiger partial charge >= 0.3 is 0 Å². The van der Waals surface area contributed by atoms with E-state index in [0.717, 1.165) is 30.3 Å². The van der Waals surface area contributed by atoms with Gasteiger partial charge in [0.15, 0.2) is 0 Å². The van der Waals surface area contributed by atoms with Crippen molar-refractivity contribution in [2.75, 3.05) is 30.4 Å². The lowest BCUT2D eigenvalue weighted by Gasteiger charge is -2.20. The van der Waals surface area contributed by atoms with Gasteiger partial charge in [-0.15, -0.1) is 0 Å². The molecule has 0 fully saturated rings. The van der Waals surface area contributed by atoms with E-state index in [1.165, 1.54) is 4.68 Å². The summed E-state index contributed by atoms with van der Waals surface area (Å²) in [6, 6.07) is 7.29. The normalized spacial score (nSPS) is 10.4. The Kier molecular flexibility index (Phi) is 4.92. The van der Waals surface area contributed by atoms with E-state index in [1.807, 2.05) is 25.2 Å². The summed E-state index contributed by atoms with van der Waals surface area (Å²) < 4.78 is 1.43. The molecule has 0 saturated carbocycles. The number of aromatic nitrogens is 3. The molecular formula is C15H21N5O. The molecule has 2 aromatic rings. The first kappa shape index (κ1) is 15.0. The minimum atomic E-state index is -0.115. The number of nitrogens with zero attached hydrogens (tertiary/aromatic N) is 4. The first-order chi connectivity index (χ1) is 10.2. The molecule has 6 heteroatoms. The predicted octanol–water partition coefficient (Wildman–Crippen LogP) is 1.57. The Hall–Kier alpha value is -2.37. The van der Waals surface area contributed by atoms with E-state index in [-0.39, 0.29) is 5.56 Å². The van der Waals surface area contributed by atoms with Gasteiger partial charge < -0.3 is 10.2 Å². The Bertz CT molecular complexity index is 649. The first-order valence-electron chi connectivity index (χ1n) is 7.13. The second kappa shape index (κ2) is 6.88. The van der Waals surface area contributed by atoms with E-state index in [2.05, 4.69) is 34.1 Å². The summed E-state index contributed by atoms with van der Waals surface area (Å²) in [7, 11) is 1.81. The van der Waals surface area contributed by atoms with Crippen molar-refractivity contribution in [1.29, 1.82) is 0 Å². The largest absolute Gasteiger partial charge is 0.373 e. The molecule has 2 rings (SSSR count). The molecule has 21 heavy (non-hydrogen) atoms. The number of rotatable bonds is 6. The molecule has 0 spiro atoms. The fourth-order valence-corrected chi connectivity index (χ4v) is 2.16. The van der Waals surface area contributed by atoms with Crippen LogP contribution < -0.4 is 15.8 Å². The maximum Gasteiger partial charge on any atom is 0.269 e. The van der Waals surface area contributed by atoms with Crippen LogP contribution in [0.5, 0.6) is 0 Å². The van der Waals surface area contributed by atoms with E-state index >= 15 is 0 Å². The van der Waals surface area contributed by atoms with Gasteiger partial charge in [-0.3, -0.25) is 4.79 Å². The fourth-order valence-electron chi connectivity index (χ4n) is 2.16. The zero-order valence-electron chi connectivity index (χ0n) is 12.7. The van der Waals surface area contributed by atoms with Crippen LogP contribution >= 0.6 is 0 Å². The van der Waals surface area contributed by atoms with Gasteiger partial charge in [-0.2, -0.15) is 5.10 Å². The number of pyridine rings is 1. The van der Waals surface area contributed by atoms with Gasteiger partial charge in [-0.25, -0.2) is 9.67 Å². The summed E-state index contributed by atoms with van der Waals surface area (Å²) in [6.07, 6.45) is 1.73. The Morgan fingerprint density at radius 3 is 2.67 bits per heavy atom. The third-order valence-corrected chi connectivity index (χ3v) is 3.36. The van der Waals surface area contributed by atoms with Crippen LogP contribution in [0.25, 0.3) is 0 Å². The molecule has 0 atom stereocenters. The molecule has 1 N–H and O–H groups in total. The number of nitrogens with one attached hydrogen (secondary N) is 1. The molecule has 0 saturated heterocycles. The van der Waals surface area contributed by atoms with Crippen molar-refractivity contribution in [2.45, 2.75) is 20.4 Å². The van der Waals surface area contributed by atoms with Crippen molar-refractivity contribution in [3.8, 4) is 0 Å². The van der Waals surface area contributed by atoms with E-state index in [9.17, 15) is 4.79 Å². The molecule has 0 radical (unpaired) electrons. The topological polar surface area (TPSA) is 63.1 Å². The standard InChI is InChI=1S/C15H21N5O/c1-4-19(5-2)13-9-15(21)20(17-10-13)11-12-7-6-8-14(16-3)18-12/h6-10H,4-5,11H2,1-3H3,(H,16,18). The summed E-state index contributed by atoms with van der Waals surface area (Å²) in [5, 5.41) is 7.23. The van der Waals surface area contributed by atoms with Crippen molar-refractivity contribution in [3.05, 3.63) is 46.5 Å². The van der Waals surface area contributed by atoms with E-state index in [4.69, 9.17) is 0 Å². The molecule has 0 aliphatic carbocycles. The summed E-state index contributed by atoms with van der Waals surface area (Å²) in [6.45, 7) is 6.19. The van der Waals surface area contributed by atoms with Crippen molar-refractivity contribution >= 4 is 11.5 Å². The molecule has 0 aliphatic heterocycles. The number of hydrogen-bond donors (Lipinski definition) is 1. The number of hydrogen-bond acceptors (Lipinski definition) is 5. The second-order valence-electron chi connectivity index (χ2n) is 4.65. The van der Waals surface area contributed by atoms with Crippen LogP contribution in [0.3, 0.4) is 0 Å². The highest BCUT2D eigenvalue weighted by Gasteiger charge is 2.06. The summed E-state index contributed by atoms with van der Waals surface area (Å²) in [5.74, 6) is 0.778.